The van der Waals surface area contributed by atoms with Gasteiger partial charge in [-0.3, -0.25) is 0 Å². The maximum Gasteiger partial charge on any atom is 1.00 e. The van der Waals surface area contributed by atoms with Gasteiger partial charge in [0.2, 0.25) is 5.82 Å². The molecule has 10 heteroatoms. The fraction of sp³-hybridized carbons (Fsp3) is 0.412. The molecule has 2 rings (SSSR count). The van der Waals surface area contributed by atoms with Crippen LogP contribution in [0.15, 0.2) is 30.8 Å². The molecule has 1 heterocycles. The molecule has 0 aliphatic rings. The number of hydrogen-bond donors (Lipinski definition) is 2. The minimum Gasteiger partial charge on any atom is -0.549 e. The number of halogens is 1. The van der Waals surface area contributed by atoms with Gasteiger partial charge < -0.3 is 20.1 Å². The molecule has 27 heavy (non-hydrogen) atoms. The fourth-order valence-corrected chi connectivity index (χ4v) is 2.41. The number of carbonyl (C=O) groups is 1. The van der Waals surface area contributed by atoms with Crippen molar-refractivity contribution < 1.29 is 54.1 Å². The predicted octanol–water partition coefficient (Wildman–Crippen LogP) is -2.94. The minimum absolute atomic E-state index is 0. The summed E-state index contributed by atoms with van der Waals surface area (Å²) >= 11 is 0. The number of aliphatic hydroxyl groups excluding tert-OH is 2. The molecule has 0 saturated carbocycles. The van der Waals surface area contributed by atoms with Gasteiger partial charge in [0.15, 0.2) is 0 Å². The Kier molecular flexibility index (Phi) is 8.70. The van der Waals surface area contributed by atoms with Gasteiger partial charge in [-0.1, -0.05) is 18.7 Å². The van der Waals surface area contributed by atoms with Crippen molar-refractivity contribution in [2.75, 3.05) is 0 Å². The molecular weight excluding hydrogens is 366 g/mol. The van der Waals surface area contributed by atoms with Gasteiger partial charge in [-0.15, -0.1) is 10.2 Å². The third-order valence-electron chi connectivity index (χ3n) is 3.91. The van der Waals surface area contributed by atoms with Crippen molar-refractivity contribution in [1.29, 1.82) is 0 Å². The molecule has 3 atom stereocenters. The van der Waals surface area contributed by atoms with E-state index in [1.165, 1.54) is 16.9 Å². The Morgan fingerprint density at radius 2 is 1.89 bits per heavy atom. The number of carboxylic acids is 1. The second kappa shape index (κ2) is 10.0. The van der Waals surface area contributed by atoms with Crippen LogP contribution in [-0.4, -0.2) is 48.6 Å². The molecule has 0 saturated heterocycles. The van der Waals surface area contributed by atoms with Gasteiger partial charge in [-0.25, -0.2) is 4.39 Å². The van der Waals surface area contributed by atoms with Crippen LogP contribution in [-0.2, 0) is 4.79 Å². The molecule has 1 aromatic heterocycles. The van der Waals surface area contributed by atoms with Crippen molar-refractivity contribution in [2.24, 2.45) is 0 Å². The van der Waals surface area contributed by atoms with Crippen LogP contribution in [0.4, 0.5) is 4.39 Å². The largest absolute Gasteiger partial charge is 1.00 e. The zero-order valence-corrected chi connectivity index (χ0v) is 17.4. The molecule has 1 aromatic carbocycles. The summed E-state index contributed by atoms with van der Waals surface area (Å²) < 4.78 is 13.0. The normalized spacial score (nSPS) is 14.3. The standard InChI is InChI=1S/C17H21FN4O4.Na/c1-9(2)22-20-16(19-21-22)10(3)13(23)8-14(24)15(17(25)26)11-4-6-12(18)7-5-11;/h4-7,9,13-15,23-24H,3,8H2,1-2H3,(H,25,26);/q;+1/p-1. The van der Waals surface area contributed by atoms with E-state index >= 15 is 0 Å². The van der Waals surface area contributed by atoms with Crippen molar-refractivity contribution in [1.82, 2.24) is 20.2 Å². The number of hydrogen-bond acceptors (Lipinski definition) is 7. The van der Waals surface area contributed by atoms with Gasteiger partial charge in [-0.2, -0.15) is 4.80 Å². The number of aliphatic carboxylic acids is 1. The fourth-order valence-electron chi connectivity index (χ4n) is 2.41. The maximum absolute atomic E-state index is 13.0. The molecule has 0 bridgehead atoms. The minimum atomic E-state index is -1.54. The van der Waals surface area contributed by atoms with Crippen LogP contribution in [0, 0.1) is 5.82 Å². The second-order valence-corrected chi connectivity index (χ2v) is 6.22. The zero-order chi connectivity index (χ0) is 19.4. The first-order chi connectivity index (χ1) is 12.2. The molecule has 0 spiro atoms. The molecule has 0 fully saturated rings. The van der Waals surface area contributed by atoms with Crippen molar-refractivity contribution in [3.8, 4) is 0 Å². The summed E-state index contributed by atoms with van der Waals surface area (Å²) in [5, 5.41) is 43.6. The number of rotatable bonds is 8. The number of nitrogens with zero attached hydrogens (tertiary/aromatic N) is 4. The number of benzene rings is 1. The van der Waals surface area contributed by atoms with Gasteiger partial charge in [0.25, 0.3) is 0 Å². The number of aliphatic hydroxyl groups is 2. The smallest absolute Gasteiger partial charge is 0.549 e. The van der Waals surface area contributed by atoms with E-state index in [4.69, 9.17) is 0 Å². The van der Waals surface area contributed by atoms with Crippen LogP contribution < -0.4 is 34.7 Å². The van der Waals surface area contributed by atoms with E-state index in [9.17, 15) is 24.5 Å². The van der Waals surface area contributed by atoms with E-state index in [1.807, 2.05) is 13.8 Å². The van der Waals surface area contributed by atoms with Crippen molar-refractivity contribution in [3.05, 3.63) is 48.0 Å². The van der Waals surface area contributed by atoms with Crippen LogP contribution in [0.5, 0.6) is 0 Å². The summed E-state index contributed by atoms with van der Waals surface area (Å²) in [5.74, 6) is -3.40. The van der Waals surface area contributed by atoms with Crippen LogP contribution >= 0.6 is 0 Å². The Balaban J connectivity index is 0.00000364. The average molecular weight is 386 g/mol. The summed E-state index contributed by atoms with van der Waals surface area (Å²) in [4.78, 5) is 12.8. The monoisotopic (exact) mass is 386 g/mol. The number of carboxylic acid groups (broad SMARTS) is 1. The SMILES string of the molecule is C=C(c1nnn(C(C)C)n1)C(O)CC(O)C(C(=O)[O-])c1ccc(F)cc1.[Na+]. The number of aromatic nitrogens is 4. The molecule has 140 valence electrons. The maximum atomic E-state index is 13.0. The second-order valence-electron chi connectivity index (χ2n) is 6.22. The van der Waals surface area contributed by atoms with Crippen molar-refractivity contribution >= 4 is 11.5 Å². The molecular formula is C17H20FN4NaO4. The first kappa shape index (κ1) is 23.4. The Labute approximate surface area is 178 Å². The molecule has 8 nitrogen and oxygen atoms in total. The number of tetrazole rings is 1. The van der Waals surface area contributed by atoms with Crippen LogP contribution in [0.25, 0.3) is 5.57 Å². The van der Waals surface area contributed by atoms with Gasteiger partial charge in [0, 0.05) is 17.9 Å². The summed E-state index contributed by atoms with van der Waals surface area (Å²) in [6.45, 7) is 7.38. The summed E-state index contributed by atoms with van der Waals surface area (Å²) in [5.41, 5.74) is 0.271. The van der Waals surface area contributed by atoms with E-state index in [0.29, 0.717) is 0 Å². The van der Waals surface area contributed by atoms with E-state index in [2.05, 4.69) is 22.0 Å². The topological polar surface area (TPSA) is 124 Å². The van der Waals surface area contributed by atoms with Gasteiger partial charge in [0.05, 0.1) is 24.2 Å². The van der Waals surface area contributed by atoms with Gasteiger partial charge in [0.1, 0.15) is 5.82 Å². The molecule has 2 aromatic rings. The first-order valence-electron chi connectivity index (χ1n) is 8.01. The quantitative estimate of drug-likeness (QED) is 0.465. The Bertz CT molecular complexity index is 781. The van der Waals surface area contributed by atoms with E-state index < -0.39 is 29.9 Å². The Morgan fingerprint density at radius 3 is 2.37 bits per heavy atom. The summed E-state index contributed by atoms with van der Waals surface area (Å²) in [7, 11) is 0. The van der Waals surface area contributed by atoms with Crippen molar-refractivity contribution in [2.45, 2.75) is 44.4 Å². The van der Waals surface area contributed by atoms with Gasteiger partial charge >= 0.3 is 29.6 Å². The average Bonchev–Trinajstić information content (AvgIpc) is 3.06. The van der Waals surface area contributed by atoms with Crippen LogP contribution in [0.1, 0.15) is 43.6 Å². The third kappa shape index (κ3) is 5.91. The third-order valence-corrected chi connectivity index (χ3v) is 3.91. The molecule has 2 N–H and O–H groups in total. The number of carbonyl (C=O) groups excluding carboxylic acids is 1. The first-order valence-corrected chi connectivity index (χ1v) is 8.01. The molecule has 3 unspecified atom stereocenters. The van der Waals surface area contributed by atoms with Crippen LogP contribution in [0.3, 0.4) is 0 Å². The van der Waals surface area contributed by atoms with E-state index in [0.717, 1.165) is 12.1 Å². The van der Waals surface area contributed by atoms with E-state index in [1.54, 1.807) is 0 Å². The molecule has 0 aliphatic carbocycles. The molecule has 0 amide bonds. The Morgan fingerprint density at radius 1 is 1.30 bits per heavy atom. The zero-order valence-electron chi connectivity index (χ0n) is 15.4. The molecule has 0 radical (unpaired) electrons. The van der Waals surface area contributed by atoms with Crippen LogP contribution in [0.2, 0.25) is 0 Å². The molecule has 0 aliphatic heterocycles. The van der Waals surface area contributed by atoms with Gasteiger partial charge in [-0.05, 0) is 36.8 Å². The Hall–Kier alpha value is -1.65. The van der Waals surface area contributed by atoms with E-state index in [-0.39, 0.29) is 59.0 Å². The summed E-state index contributed by atoms with van der Waals surface area (Å²) in [6.07, 6.45) is -3.13. The summed E-state index contributed by atoms with van der Waals surface area (Å²) in [6, 6.07) is 4.63. The predicted molar refractivity (Wildman–Crippen MR) is 88.0 cm³/mol. The van der Waals surface area contributed by atoms with Crippen molar-refractivity contribution in [3.63, 3.8) is 0 Å².